The number of aromatic nitrogens is 2. The predicted octanol–water partition coefficient (Wildman–Crippen LogP) is 1.73. The van der Waals surface area contributed by atoms with E-state index in [9.17, 15) is 0 Å². The molecule has 0 aliphatic carbocycles. The normalized spacial score (nSPS) is 10.2. The fourth-order valence-corrected chi connectivity index (χ4v) is 1.77. The van der Waals surface area contributed by atoms with Crippen LogP contribution in [0.25, 0.3) is 0 Å². The molecule has 0 fully saturated rings. The molecular weight excluding hydrogens is 184 g/mol. The van der Waals surface area contributed by atoms with Gasteiger partial charge in [-0.15, -0.1) is 11.8 Å². The first-order valence-electron chi connectivity index (χ1n) is 4.43. The lowest BCUT2D eigenvalue weighted by Gasteiger charge is -1.98. The van der Waals surface area contributed by atoms with Gasteiger partial charge in [0.2, 0.25) is 0 Å². The Morgan fingerprint density at radius 3 is 2.92 bits per heavy atom. The SMILES string of the molecule is OCCCCCSc1ccncn1. The van der Waals surface area contributed by atoms with Crippen molar-refractivity contribution in [2.45, 2.75) is 24.3 Å². The van der Waals surface area contributed by atoms with E-state index in [1.807, 2.05) is 6.07 Å². The Hall–Kier alpha value is -0.610. The Morgan fingerprint density at radius 2 is 2.23 bits per heavy atom. The van der Waals surface area contributed by atoms with E-state index in [0.29, 0.717) is 6.61 Å². The topological polar surface area (TPSA) is 46.0 Å². The fourth-order valence-electron chi connectivity index (χ4n) is 0.931. The molecule has 0 bridgehead atoms. The molecule has 0 radical (unpaired) electrons. The van der Waals surface area contributed by atoms with Crippen molar-refractivity contribution in [3.63, 3.8) is 0 Å². The van der Waals surface area contributed by atoms with Crippen LogP contribution in [0, 0.1) is 0 Å². The second kappa shape index (κ2) is 6.86. The summed E-state index contributed by atoms with van der Waals surface area (Å²) in [5.74, 6) is 1.07. The highest BCUT2D eigenvalue weighted by Crippen LogP contribution is 2.15. The molecule has 1 aromatic rings. The van der Waals surface area contributed by atoms with Crippen molar-refractivity contribution in [2.75, 3.05) is 12.4 Å². The Kier molecular flexibility index (Phi) is 5.52. The molecule has 13 heavy (non-hydrogen) atoms. The minimum absolute atomic E-state index is 0.304. The number of hydrogen-bond acceptors (Lipinski definition) is 4. The Balaban J connectivity index is 2.07. The Labute approximate surface area is 82.6 Å². The van der Waals surface area contributed by atoms with E-state index in [-0.39, 0.29) is 0 Å². The van der Waals surface area contributed by atoms with Crippen molar-refractivity contribution in [3.05, 3.63) is 18.6 Å². The van der Waals surface area contributed by atoms with Crippen molar-refractivity contribution >= 4 is 11.8 Å². The van der Waals surface area contributed by atoms with E-state index in [0.717, 1.165) is 30.0 Å². The number of hydrogen-bond donors (Lipinski definition) is 1. The summed E-state index contributed by atoms with van der Waals surface area (Å²) in [5.41, 5.74) is 0. The molecule has 0 atom stereocenters. The first kappa shape index (κ1) is 10.5. The second-order valence-corrected chi connectivity index (χ2v) is 3.80. The number of thioether (sulfide) groups is 1. The van der Waals surface area contributed by atoms with Crippen LogP contribution in [0.1, 0.15) is 19.3 Å². The summed E-state index contributed by atoms with van der Waals surface area (Å²) in [6.45, 7) is 0.304. The monoisotopic (exact) mass is 198 g/mol. The van der Waals surface area contributed by atoms with Crippen LogP contribution in [0.15, 0.2) is 23.6 Å². The van der Waals surface area contributed by atoms with Crippen molar-refractivity contribution in [1.82, 2.24) is 9.97 Å². The van der Waals surface area contributed by atoms with E-state index in [1.54, 1.807) is 24.3 Å². The Morgan fingerprint density at radius 1 is 1.31 bits per heavy atom. The molecule has 0 spiro atoms. The summed E-state index contributed by atoms with van der Waals surface area (Å²) in [4.78, 5) is 7.94. The number of rotatable bonds is 6. The quantitative estimate of drug-likeness (QED) is 0.429. The highest BCUT2D eigenvalue weighted by atomic mass is 32.2. The summed E-state index contributed by atoms with van der Waals surface area (Å²) in [7, 11) is 0. The average molecular weight is 198 g/mol. The summed E-state index contributed by atoms with van der Waals surface area (Å²) in [6, 6.07) is 1.91. The van der Waals surface area contributed by atoms with E-state index in [2.05, 4.69) is 9.97 Å². The summed E-state index contributed by atoms with van der Waals surface area (Å²) >= 11 is 1.74. The molecule has 1 rings (SSSR count). The molecule has 72 valence electrons. The smallest absolute Gasteiger partial charge is 0.116 e. The van der Waals surface area contributed by atoms with Gasteiger partial charge in [-0.25, -0.2) is 9.97 Å². The van der Waals surface area contributed by atoms with Gasteiger partial charge in [-0.1, -0.05) is 6.42 Å². The van der Waals surface area contributed by atoms with E-state index in [1.165, 1.54) is 0 Å². The van der Waals surface area contributed by atoms with Gasteiger partial charge in [0.1, 0.15) is 6.33 Å². The van der Waals surface area contributed by atoms with Crippen molar-refractivity contribution in [1.29, 1.82) is 0 Å². The molecule has 0 aliphatic rings. The van der Waals surface area contributed by atoms with Gasteiger partial charge in [-0.05, 0) is 24.7 Å². The third-order valence-corrected chi connectivity index (χ3v) is 2.64. The van der Waals surface area contributed by atoms with Gasteiger partial charge >= 0.3 is 0 Å². The van der Waals surface area contributed by atoms with Crippen LogP contribution in [-0.2, 0) is 0 Å². The molecule has 4 heteroatoms. The Bertz CT molecular complexity index is 218. The molecule has 1 aromatic heterocycles. The summed E-state index contributed by atoms with van der Waals surface area (Å²) < 4.78 is 0. The molecule has 0 aliphatic heterocycles. The zero-order chi connectivity index (χ0) is 9.36. The average Bonchev–Trinajstić information content (AvgIpc) is 2.19. The molecule has 0 aromatic carbocycles. The molecule has 1 N–H and O–H groups in total. The largest absolute Gasteiger partial charge is 0.396 e. The lowest BCUT2D eigenvalue weighted by Crippen LogP contribution is -1.86. The number of unbranched alkanes of at least 4 members (excludes halogenated alkanes) is 2. The van der Waals surface area contributed by atoms with Gasteiger partial charge in [0.05, 0.1) is 5.03 Å². The van der Waals surface area contributed by atoms with Crippen LogP contribution in [0.2, 0.25) is 0 Å². The first-order chi connectivity index (χ1) is 6.43. The summed E-state index contributed by atoms with van der Waals surface area (Å²) in [6.07, 6.45) is 6.45. The maximum absolute atomic E-state index is 8.56. The van der Waals surface area contributed by atoms with Gasteiger partial charge in [0.25, 0.3) is 0 Å². The number of aliphatic hydroxyl groups excluding tert-OH is 1. The molecule has 0 saturated carbocycles. The fraction of sp³-hybridized carbons (Fsp3) is 0.556. The highest BCUT2D eigenvalue weighted by Gasteiger charge is 1.93. The van der Waals surface area contributed by atoms with E-state index >= 15 is 0 Å². The second-order valence-electron chi connectivity index (χ2n) is 2.68. The minimum Gasteiger partial charge on any atom is -0.396 e. The van der Waals surface area contributed by atoms with Gasteiger partial charge in [-0.3, -0.25) is 0 Å². The maximum Gasteiger partial charge on any atom is 0.116 e. The van der Waals surface area contributed by atoms with Gasteiger partial charge in [-0.2, -0.15) is 0 Å². The van der Waals surface area contributed by atoms with Crippen LogP contribution in [-0.4, -0.2) is 27.4 Å². The maximum atomic E-state index is 8.56. The third kappa shape index (κ3) is 4.85. The van der Waals surface area contributed by atoms with E-state index < -0.39 is 0 Å². The molecule has 0 saturated heterocycles. The van der Waals surface area contributed by atoms with Crippen LogP contribution < -0.4 is 0 Å². The number of nitrogens with zero attached hydrogens (tertiary/aromatic N) is 2. The predicted molar refractivity (Wildman–Crippen MR) is 53.7 cm³/mol. The lowest BCUT2D eigenvalue weighted by molar-refractivity contribution is 0.284. The third-order valence-electron chi connectivity index (χ3n) is 1.61. The van der Waals surface area contributed by atoms with Gasteiger partial charge in [0, 0.05) is 12.8 Å². The van der Waals surface area contributed by atoms with Crippen molar-refractivity contribution < 1.29 is 5.11 Å². The van der Waals surface area contributed by atoms with Gasteiger partial charge in [0.15, 0.2) is 0 Å². The van der Waals surface area contributed by atoms with Crippen LogP contribution >= 0.6 is 11.8 Å². The molecule has 0 unspecified atom stereocenters. The standard InChI is InChI=1S/C9H14N2OS/c12-6-2-1-3-7-13-9-4-5-10-8-11-9/h4-5,8,12H,1-3,6-7H2. The first-order valence-corrected chi connectivity index (χ1v) is 5.41. The molecular formula is C9H14N2OS. The lowest BCUT2D eigenvalue weighted by atomic mass is 10.3. The summed E-state index contributed by atoms with van der Waals surface area (Å²) in [5, 5.41) is 9.58. The van der Waals surface area contributed by atoms with E-state index in [4.69, 9.17) is 5.11 Å². The zero-order valence-electron chi connectivity index (χ0n) is 7.52. The molecule has 3 nitrogen and oxygen atoms in total. The molecule has 0 amide bonds. The molecule has 1 heterocycles. The van der Waals surface area contributed by atoms with Crippen LogP contribution in [0.4, 0.5) is 0 Å². The van der Waals surface area contributed by atoms with Gasteiger partial charge < -0.3 is 5.11 Å². The highest BCUT2D eigenvalue weighted by molar-refractivity contribution is 7.99. The van der Waals surface area contributed by atoms with Crippen molar-refractivity contribution in [2.24, 2.45) is 0 Å². The number of aliphatic hydroxyl groups is 1. The zero-order valence-corrected chi connectivity index (χ0v) is 8.33. The van der Waals surface area contributed by atoms with Crippen LogP contribution in [0.3, 0.4) is 0 Å². The van der Waals surface area contributed by atoms with Crippen LogP contribution in [0.5, 0.6) is 0 Å². The van der Waals surface area contributed by atoms with Crippen molar-refractivity contribution in [3.8, 4) is 0 Å². The minimum atomic E-state index is 0.304.